The summed E-state index contributed by atoms with van der Waals surface area (Å²) in [5, 5.41) is 14.0. The van der Waals surface area contributed by atoms with Crippen molar-refractivity contribution in [2.75, 3.05) is 23.9 Å². The van der Waals surface area contributed by atoms with Gasteiger partial charge in [0.15, 0.2) is 0 Å². The summed E-state index contributed by atoms with van der Waals surface area (Å²) in [6, 6.07) is 31.3. The van der Waals surface area contributed by atoms with Crippen molar-refractivity contribution >= 4 is 17.8 Å². The van der Waals surface area contributed by atoms with Crippen LogP contribution in [0.25, 0.3) is 0 Å². The Morgan fingerprint density at radius 1 is 0.919 bits per heavy atom. The van der Waals surface area contributed by atoms with Crippen LogP contribution in [0.1, 0.15) is 28.4 Å². The standard InChI is InChI=1S/C31H32N2O4/c1-23-13-15-27(36-2)18-29(23)33(19-24-9-5-3-6-10-24)20-30(35)26-14-16-31(28(17-26)32-22-34)37-21-25-11-7-4-8-12-25/h3-18,22,30,35H,19-21H2,1-2H3,(H,32,34). The summed E-state index contributed by atoms with van der Waals surface area (Å²) in [6.45, 7) is 3.37. The molecule has 4 aromatic rings. The van der Waals surface area contributed by atoms with Crippen molar-refractivity contribution in [3.05, 3.63) is 119 Å². The fourth-order valence-electron chi connectivity index (χ4n) is 4.22. The molecule has 0 aliphatic carbocycles. The van der Waals surface area contributed by atoms with E-state index in [4.69, 9.17) is 9.47 Å². The maximum absolute atomic E-state index is 11.3. The molecule has 0 bridgehead atoms. The third-order valence-electron chi connectivity index (χ3n) is 6.21. The van der Waals surface area contributed by atoms with Gasteiger partial charge in [-0.15, -0.1) is 0 Å². The van der Waals surface area contributed by atoms with Crippen LogP contribution in [0.15, 0.2) is 97.1 Å². The fourth-order valence-corrected chi connectivity index (χ4v) is 4.22. The minimum atomic E-state index is -0.815. The first-order valence-corrected chi connectivity index (χ1v) is 12.2. The summed E-state index contributed by atoms with van der Waals surface area (Å²) in [7, 11) is 1.65. The highest BCUT2D eigenvalue weighted by atomic mass is 16.5. The maximum atomic E-state index is 11.3. The number of anilines is 2. The molecule has 4 aromatic carbocycles. The van der Waals surface area contributed by atoms with E-state index in [-0.39, 0.29) is 0 Å². The van der Waals surface area contributed by atoms with Gasteiger partial charge in [-0.25, -0.2) is 0 Å². The molecule has 0 aromatic heterocycles. The average Bonchev–Trinajstić information content (AvgIpc) is 2.93. The van der Waals surface area contributed by atoms with Gasteiger partial charge in [0.1, 0.15) is 18.1 Å². The van der Waals surface area contributed by atoms with E-state index >= 15 is 0 Å². The number of aryl methyl sites for hydroxylation is 1. The molecule has 1 unspecified atom stereocenters. The lowest BCUT2D eigenvalue weighted by molar-refractivity contribution is -0.105. The molecule has 0 fully saturated rings. The highest BCUT2D eigenvalue weighted by molar-refractivity contribution is 5.76. The third kappa shape index (κ3) is 6.90. The Labute approximate surface area is 218 Å². The van der Waals surface area contributed by atoms with Crippen molar-refractivity contribution in [2.45, 2.75) is 26.2 Å². The Bertz CT molecular complexity index is 1300. The number of nitrogens with zero attached hydrogens (tertiary/aromatic N) is 1. The summed E-state index contributed by atoms with van der Waals surface area (Å²) in [4.78, 5) is 13.4. The van der Waals surface area contributed by atoms with Crippen LogP contribution in [0.3, 0.4) is 0 Å². The molecular formula is C31H32N2O4. The van der Waals surface area contributed by atoms with Gasteiger partial charge in [-0.2, -0.15) is 0 Å². The summed E-state index contributed by atoms with van der Waals surface area (Å²) < 4.78 is 11.4. The second-order valence-corrected chi connectivity index (χ2v) is 8.83. The molecule has 0 spiro atoms. The Kier molecular flexibility index (Phi) is 8.79. The highest BCUT2D eigenvalue weighted by Crippen LogP contribution is 2.32. The molecule has 6 nitrogen and oxygen atoms in total. The highest BCUT2D eigenvalue weighted by Gasteiger charge is 2.19. The predicted molar refractivity (Wildman–Crippen MR) is 147 cm³/mol. The second-order valence-electron chi connectivity index (χ2n) is 8.83. The van der Waals surface area contributed by atoms with E-state index in [2.05, 4.69) is 22.3 Å². The molecule has 2 N–H and O–H groups in total. The Morgan fingerprint density at radius 3 is 2.30 bits per heavy atom. The number of benzene rings is 4. The van der Waals surface area contributed by atoms with Gasteiger partial charge >= 0.3 is 0 Å². The lowest BCUT2D eigenvalue weighted by Gasteiger charge is -2.29. The SMILES string of the molecule is COc1ccc(C)c(N(Cc2ccccc2)CC(O)c2ccc(OCc3ccccc3)c(NC=O)c2)c1. The molecule has 0 radical (unpaired) electrons. The average molecular weight is 497 g/mol. The molecule has 0 aliphatic heterocycles. The number of nitrogens with one attached hydrogen (secondary N) is 1. The topological polar surface area (TPSA) is 71.0 Å². The zero-order valence-electron chi connectivity index (χ0n) is 21.1. The lowest BCUT2D eigenvalue weighted by Crippen LogP contribution is -2.29. The molecule has 190 valence electrons. The van der Waals surface area contributed by atoms with E-state index in [0.29, 0.717) is 43.1 Å². The van der Waals surface area contributed by atoms with Crippen LogP contribution in [-0.4, -0.2) is 25.2 Å². The van der Waals surface area contributed by atoms with Gasteiger partial charge in [-0.05, 0) is 47.4 Å². The normalized spacial score (nSPS) is 11.4. The van der Waals surface area contributed by atoms with E-state index < -0.39 is 6.10 Å². The maximum Gasteiger partial charge on any atom is 0.211 e. The van der Waals surface area contributed by atoms with Crippen LogP contribution < -0.4 is 19.7 Å². The zero-order chi connectivity index (χ0) is 26.0. The number of amides is 1. The molecular weight excluding hydrogens is 464 g/mol. The van der Waals surface area contributed by atoms with Crippen LogP contribution in [0.2, 0.25) is 0 Å². The van der Waals surface area contributed by atoms with E-state index in [1.165, 1.54) is 0 Å². The van der Waals surface area contributed by atoms with E-state index in [9.17, 15) is 9.90 Å². The van der Waals surface area contributed by atoms with Crippen molar-refractivity contribution in [2.24, 2.45) is 0 Å². The summed E-state index contributed by atoms with van der Waals surface area (Å²) in [5.74, 6) is 1.29. The Morgan fingerprint density at radius 2 is 1.62 bits per heavy atom. The van der Waals surface area contributed by atoms with Gasteiger partial charge < -0.3 is 24.8 Å². The van der Waals surface area contributed by atoms with Gasteiger partial charge in [0.2, 0.25) is 6.41 Å². The largest absolute Gasteiger partial charge is 0.497 e. The molecule has 0 saturated heterocycles. The van der Waals surface area contributed by atoms with Crippen molar-refractivity contribution in [3.8, 4) is 11.5 Å². The molecule has 0 heterocycles. The van der Waals surface area contributed by atoms with Gasteiger partial charge in [0, 0.05) is 24.8 Å². The molecule has 4 rings (SSSR count). The first-order chi connectivity index (χ1) is 18.1. The minimum absolute atomic E-state index is 0.341. The number of aliphatic hydroxyl groups is 1. The van der Waals surface area contributed by atoms with Crippen molar-refractivity contribution in [1.82, 2.24) is 0 Å². The predicted octanol–water partition coefficient (Wildman–Crippen LogP) is 5.89. The summed E-state index contributed by atoms with van der Waals surface area (Å²) in [6.07, 6.45) is -0.202. The zero-order valence-corrected chi connectivity index (χ0v) is 21.1. The van der Waals surface area contributed by atoms with Crippen molar-refractivity contribution < 1.29 is 19.4 Å². The van der Waals surface area contributed by atoms with Crippen LogP contribution in [-0.2, 0) is 17.9 Å². The smallest absolute Gasteiger partial charge is 0.211 e. The van der Waals surface area contributed by atoms with E-state index in [0.717, 1.165) is 28.1 Å². The number of hydrogen-bond acceptors (Lipinski definition) is 5. The first-order valence-electron chi connectivity index (χ1n) is 12.2. The number of aliphatic hydroxyl groups excluding tert-OH is 1. The van der Waals surface area contributed by atoms with E-state index in [1.807, 2.05) is 79.7 Å². The van der Waals surface area contributed by atoms with Crippen LogP contribution in [0, 0.1) is 6.92 Å². The second kappa shape index (κ2) is 12.6. The van der Waals surface area contributed by atoms with E-state index in [1.54, 1.807) is 19.2 Å². The van der Waals surface area contributed by atoms with Crippen molar-refractivity contribution in [1.29, 1.82) is 0 Å². The molecule has 37 heavy (non-hydrogen) atoms. The number of ether oxygens (including phenoxy) is 2. The van der Waals surface area contributed by atoms with Gasteiger partial charge in [0.25, 0.3) is 0 Å². The lowest BCUT2D eigenvalue weighted by atomic mass is 10.1. The summed E-state index contributed by atoms with van der Waals surface area (Å²) >= 11 is 0. The minimum Gasteiger partial charge on any atom is -0.497 e. The van der Waals surface area contributed by atoms with Crippen LogP contribution in [0.5, 0.6) is 11.5 Å². The Hall–Kier alpha value is -4.29. The van der Waals surface area contributed by atoms with Crippen LogP contribution >= 0.6 is 0 Å². The fraction of sp³-hybridized carbons (Fsp3) is 0.194. The molecule has 6 heteroatoms. The third-order valence-corrected chi connectivity index (χ3v) is 6.21. The number of rotatable bonds is 12. The molecule has 1 atom stereocenters. The molecule has 1 amide bonds. The van der Waals surface area contributed by atoms with Crippen molar-refractivity contribution in [3.63, 3.8) is 0 Å². The molecule has 0 saturated carbocycles. The van der Waals surface area contributed by atoms with Crippen LogP contribution in [0.4, 0.5) is 11.4 Å². The quantitative estimate of drug-likeness (QED) is 0.239. The number of hydrogen-bond donors (Lipinski definition) is 2. The number of carbonyl (C=O) groups is 1. The number of carbonyl (C=O) groups excluding carboxylic acids is 1. The van der Waals surface area contributed by atoms with Gasteiger partial charge in [-0.3, -0.25) is 4.79 Å². The van der Waals surface area contributed by atoms with Gasteiger partial charge in [-0.1, -0.05) is 72.8 Å². The summed E-state index contributed by atoms with van der Waals surface area (Å²) in [5.41, 5.74) is 5.40. The molecule has 0 aliphatic rings. The first kappa shape index (κ1) is 25.8. The Balaban J connectivity index is 1.58. The van der Waals surface area contributed by atoms with Gasteiger partial charge in [0.05, 0.1) is 18.9 Å². The number of methoxy groups -OCH3 is 1. The monoisotopic (exact) mass is 496 g/mol.